The van der Waals surface area contributed by atoms with Crippen LogP contribution in [0.3, 0.4) is 0 Å². The quantitative estimate of drug-likeness (QED) is 0.0675. The van der Waals surface area contributed by atoms with Crippen molar-refractivity contribution in [2.24, 2.45) is 17.8 Å². The van der Waals surface area contributed by atoms with E-state index in [9.17, 15) is 24.5 Å². The first-order chi connectivity index (χ1) is 24.2. The number of benzene rings is 3. The maximum Gasteiger partial charge on any atom is 0.455 e. The molecule has 3 aromatic rings. The minimum Gasteiger partial charge on any atom is -0.507 e. The van der Waals surface area contributed by atoms with Crippen LogP contribution in [0.4, 0.5) is 0 Å². The molecule has 0 bridgehead atoms. The van der Waals surface area contributed by atoms with E-state index >= 15 is 0 Å². The van der Waals surface area contributed by atoms with Crippen molar-refractivity contribution < 1.29 is 39.0 Å². The van der Waals surface area contributed by atoms with E-state index in [0.717, 1.165) is 40.3 Å². The summed E-state index contributed by atoms with van der Waals surface area (Å²) < 4.78 is 12.5. The summed E-state index contributed by atoms with van der Waals surface area (Å²) in [6.45, 7) is 2.66. The largest absolute Gasteiger partial charge is 0.507 e. The third-order valence-corrected chi connectivity index (χ3v) is 10.4. The molecule has 0 radical (unpaired) electrons. The minimum atomic E-state index is -1.07. The topological polar surface area (TPSA) is 134 Å². The van der Waals surface area contributed by atoms with Gasteiger partial charge in [0.25, 0.3) is 0 Å². The number of unbranched alkanes of at least 4 members (excludes halogenated alkanes) is 2. The number of imide groups is 1. The van der Waals surface area contributed by atoms with Gasteiger partial charge < -0.3 is 24.6 Å². The van der Waals surface area contributed by atoms with E-state index in [0.29, 0.717) is 44.3 Å². The molecular weight excluding hydrogens is 633 g/mol. The fourth-order valence-electron chi connectivity index (χ4n) is 8.15. The molecule has 10 heteroatoms. The van der Waals surface area contributed by atoms with Crippen LogP contribution in [0.25, 0.3) is 16.8 Å². The lowest BCUT2D eigenvalue weighted by molar-refractivity contribution is -0.141. The van der Waals surface area contributed by atoms with Crippen molar-refractivity contribution in [2.45, 2.75) is 77.1 Å². The van der Waals surface area contributed by atoms with Gasteiger partial charge in [0.15, 0.2) is 0 Å². The number of nitrogens with zero attached hydrogens (tertiary/aromatic N) is 1. The molecule has 9 nitrogen and oxygen atoms in total. The number of fused-ring (bicyclic) bond motifs is 4. The Morgan fingerprint density at radius 2 is 1.70 bits per heavy atom. The van der Waals surface area contributed by atoms with Crippen LogP contribution in [0.1, 0.15) is 70.3 Å². The maximum atomic E-state index is 14.0. The molecule has 3 N–H and O–H groups in total. The molecule has 50 heavy (non-hydrogen) atoms. The molecule has 0 saturated carbocycles. The summed E-state index contributed by atoms with van der Waals surface area (Å²) in [6.07, 6.45) is 7.19. The highest BCUT2D eigenvalue weighted by atomic mass is 16.5. The van der Waals surface area contributed by atoms with Crippen LogP contribution in [0.15, 0.2) is 83.4 Å². The first kappa shape index (κ1) is 35.4. The second-order valence-electron chi connectivity index (χ2n) is 13.8. The lowest BCUT2D eigenvalue weighted by atomic mass is 9.58. The van der Waals surface area contributed by atoms with Gasteiger partial charge in [-0.3, -0.25) is 19.3 Å². The summed E-state index contributed by atoms with van der Waals surface area (Å²) in [7, 11) is -1.07. The van der Waals surface area contributed by atoms with Crippen LogP contribution in [0, 0.1) is 17.8 Å². The van der Waals surface area contributed by atoms with Crippen molar-refractivity contribution in [2.75, 3.05) is 13.2 Å². The Morgan fingerprint density at radius 1 is 0.940 bits per heavy atom. The number of aromatic hydroxyl groups is 1. The summed E-state index contributed by atoms with van der Waals surface area (Å²) in [6, 6.07) is 21.0. The molecular formula is C40H46BNO8. The Morgan fingerprint density at radius 3 is 2.46 bits per heavy atom. The van der Waals surface area contributed by atoms with E-state index in [4.69, 9.17) is 14.5 Å². The van der Waals surface area contributed by atoms with E-state index in [1.165, 1.54) is 10.5 Å². The summed E-state index contributed by atoms with van der Waals surface area (Å²) in [5.74, 6) is -1.77. The molecule has 2 fully saturated rings. The molecule has 2 saturated heterocycles. The van der Waals surface area contributed by atoms with Gasteiger partial charge in [-0.1, -0.05) is 79.9 Å². The fourth-order valence-corrected chi connectivity index (χ4v) is 8.15. The summed E-state index contributed by atoms with van der Waals surface area (Å²) in [5.41, 5.74) is 4.18. The van der Waals surface area contributed by atoms with Crippen LogP contribution in [-0.2, 0) is 19.0 Å². The normalized spacial score (nSPS) is 22.2. The average Bonchev–Trinajstić information content (AvgIpc) is 3.35. The van der Waals surface area contributed by atoms with Crippen LogP contribution in [0.2, 0.25) is 6.32 Å². The number of phenols is 1. The maximum absolute atomic E-state index is 14.0. The number of allylic oxidation sites excluding steroid dienone is 1. The number of amides is 2. The van der Waals surface area contributed by atoms with Crippen molar-refractivity contribution in [3.8, 4) is 11.5 Å². The number of rotatable bonds is 15. The zero-order valence-corrected chi connectivity index (χ0v) is 28.6. The number of carbonyl (C=O) groups excluding carboxylic acids is 2. The van der Waals surface area contributed by atoms with E-state index < -0.39 is 31.0 Å². The molecule has 2 amide bonds. The van der Waals surface area contributed by atoms with E-state index in [1.54, 1.807) is 6.07 Å². The van der Waals surface area contributed by atoms with E-state index in [1.807, 2.05) is 60.7 Å². The van der Waals surface area contributed by atoms with Gasteiger partial charge in [-0.05, 0) is 91.1 Å². The Bertz CT molecular complexity index is 1770. The van der Waals surface area contributed by atoms with Crippen LogP contribution in [0.5, 0.6) is 11.5 Å². The number of para-hydroxylation sites is 1. The van der Waals surface area contributed by atoms with E-state index in [2.05, 4.69) is 13.0 Å². The van der Waals surface area contributed by atoms with Gasteiger partial charge in [0.05, 0.1) is 17.9 Å². The number of likely N-dealkylation sites (tertiary alicyclic amines) is 1. The molecule has 2 heterocycles. The van der Waals surface area contributed by atoms with Gasteiger partial charge in [0.1, 0.15) is 18.1 Å². The SMILES string of the molecule is CCC/C(=C\c1ccc(O)c2ccccc12)CC[C@H]1OB(O)C[C@H]2C1=C(COc1ccccc1)C[C@H]1C(=O)N(CCCCCC(=O)O)C(=O)[C@H]12. The molecule has 0 unspecified atom stereocenters. The lowest BCUT2D eigenvalue weighted by Crippen LogP contribution is -2.46. The zero-order chi connectivity index (χ0) is 35.2. The van der Waals surface area contributed by atoms with Crippen LogP contribution >= 0.6 is 0 Å². The van der Waals surface area contributed by atoms with Crippen molar-refractivity contribution in [1.29, 1.82) is 0 Å². The number of hydrogen-bond donors (Lipinski definition) is 3. The number of aliphatic carboxylic acids is 1. The van der Waals surface area contributed by atoms with Gasteiger partial charge in [0, 0.05) is 18.4 Å². The summed E-state index contributed by atoms with van der Waals surface area (Å²) in [5, 5.41) is 32.3. The predicted octanol–water partition coefficient (Wildman–Crippen LogP) is 7.03. The number of carbonyl (C=O) groups is 3. The van der Waals surface area contributed by atoms with Crippen LogP contribution in [-0.4, -0.2) is 64.3 Å². The third-order valence-electron chi connectivity index (χ3n) is 10.4. The molecule has 6 rings (SSSR count). The minimum absolute atomic E-state index is 0.0627. The first-order valence-electron chi connectivity index (χ1n) is 18.0. The molecule has 0 spiro atoms. The summed E-state index contributed by atoms with van der Waals surface area (Å²) in [4.78, 5) is 40.1. The van der Waals surface area contributed by atoms with Gasteiger partial charge in [0.2, 0.25) is 11.8 Å². The molecule has 0 aromatic heterocycles. The zero-order valence-electron chi connectivity index (χ0n) is 28.6. The van der Waals surface area contributed by atoms with Crippen molar-refractivity contribution in [3.05, 3.63) is 89.0 Å². The molecule has 3 aromatic carbocycles. The van der Waals surface area contributed by atoms with Gasteiger partial charge >= 0.3 is 13.1 Å². The van der Waals surface area contributed by atoms with Gasteiger partial charge in [-0.15, -0.1) is 0 Å². The molecule has 4 atom stereocenters. The number of phenolic OH excluding ortho intramolecular Hbond substituents is 1. The van der Waals surface area contributed by atoms with Crippen molar-refractivity contribution >= 4 is 41.8 Å². The Kier molecular flexibility index (Phi) is 11.4. The predicted molar refractivity (Wildman–Crippen MR) is 192 cm³/mol. The molecule has 3 aliphatic rings. The highest BCUT2D eigenvalue weighted by Crippen LogP contribution is 2.51. The summed E-state index contributed by atoms with van der Waals surface area (Å²) >= 11 is 0. The standard InChI is InChI=1S/C40H46BNO8/c1-2-11-26(22-27-18-19-34(43)31-15-9-8-14-30(27)31)17-20-35-37-28(25-49-29-12-5-3-6-13-29)23-32-38(33(37)24-41(48)50-35)40(47)42(39(32)46)21-10-4-7-16-36(44)45/h3,5-6,8-9,12-15,18-19,22,32-33,35,38,43,48H,2,4,7,10-11,16-17,20-21,23-25H2,1H3,(H,44,45)/b26-22+/t32-,33+,35-,38-/m1/s1. The van der Waals surface area contributed by atoms with Gasteiger partial charge in [-0.2, -0.15) is 0 Å². The lowest BCUT2D eigenvalue weighted by Gasteiger charge is -2.43. The average molecular weight is 680 g/mol. The smallest absolute Gasteiger partial charge is 0.455 e. The highest BCUT2D eigenvalue weighted by Gasteiger charge is 2.57. The van der Waals surface area contributed by atoms with Crippen molar-refractivity contribution in [1.82, 2.24) is 4.90 Å². The van der Waals surface area contributed by atoms with Crippen molar-refractivity contribution in [3.63, 3.8) is 0 Å². The highest BCUT2D eigenvalue weighted by molar-refractivity contribution is 6.43. The van der Waals surface area contributed by atoms with Crippen LogP contribution < -0.4 is 4.74 Å². The number of hydrogen-bond acceptors (Lipinski definition) is 7. The molecule has 1 aliphatic carbocycles. The fraction of sp³-hybridized carbons (Fsp3) is 0.425. The third kappa shape index (κ3) is 7.82. The molecule has 262 valence electrons. The second kappa shape index (κ2) is 16.1. The van der Waals surface area contributed by atoms with E-state index in [-0.39, 0.29) is 49.4 Å². The first-order valence-corrected chi connectivity index (χ1v) is 18.0. The number of ether oxygens (including phenoxy) is 1. The van der Waals surface area contributed by atoms with Gasteiger partial charge in [-0.25, -0.2) is 0 Å². The Labute approximate surface area is 293 Å². The number of carboxylic acids is 1. The monoisotopic (exact) mass is 679 g/mol. The number of carboxylic acid groups (broad SMARTS) is 1. The second-order valence-corrected chi connectivity index (χ2v) is 13.8. The Balaban J connectivity index is 1.27. The molecule has 2 aliphatic heterocycles. The Hall–Kier alpha value is -4.41.